The number of carboxylic acids is 1. The SMILES string of the molecule is Cc1ccc2c(c1)C(=O)N(C(C)C(=O)N[C@@H](C)C(=O)O)C2=O. The number of carboxylic acid groups (broad SMARTS) is 1. The van der Waals surface area contributed by atoms with Crippen molar-refractivity contribution < 1.29 is 24.3 Å². The Kier molecular flexibility index (Phi) is 3.99. The second-order valence-electron chi connectivity index (χ2n) is 5.27. The molecule has 116 valence electrons. The Balaban J connectivity index is 2.24. The van der Waals surface area contributed by atoms with Gasteiger partial charge < -0.3 is 10.4 Å². The van der Waals surface area contributed by atoms with E-state index >= 15 is 0 Å². The lowest BCUT2D eigenvalue weighted by Gasteiger charge is -2.22. The summed E-state index contributed by atoms with van der Waals surface area (Å²) in [7, 11) is 0. The van der Waals surface area contributed by atoms with Crippen LogP contribution in [0.5, 0.6) is 0 Å². The first-order valence-corrected chi connectivity index (χ1v) is 6.75. The van der Waals surface area contributed by atoms with Crippen LogP contribution < -0.4 is 5.32 Å². The van der Waals surface area contributed by atoms with Gasteiger partial charge in [-0.25, -0.2) is 0 Å². The van der Waals surface area contributed by atoms with E-state index in [1.165, 1.54) is 13.8 Å². The van der Waals surface area contributed by atoms with E-state index in [9.17, 15) is 19.2 Å². The zero-order valence-corrected chi connectivity index (χ0v) is 12.4. The third-order valence-electron chi connectivity index (χ3n) is 3.57. The summed E-state index contributed by atoms with van der Waals surface area (Å²) in [4.78, 5) is 48.3. The lowest BCUT2D eigenvalue weighted by molar-refractivity contribution is -0.141. The molecule has 0 fully saturated rings. The minimum Gasteiger partial charge on any atom is -0.480 e. The number of imide groups is 1. The quantitative estimate of drug-likeness (QED) is 0.791. The normalized spacial score (nSPS) is 16.2. The molecule has 1 aliphatic heterocycles. The van der Waals surface area contributed by atoms with Gasteiger partial charge in [0.05, 0.1) is 11.1 Å². The Morgan fingerprint density at radius 3 is 2.32 bits per heavy atom. The predicted molar refractivity (Wildman–Crippen MR) is 76.4 cm³/mol. The molecule has 1 aromatic carbocycles. The average Bonchev–Trinajstić information content (AvgIpc) is 2.69. The van der Waals surface area contributed by atoms with E-state index in [0.717, 1.165) is 10.5 Å². The number of aliphatic carboxylic acids is 1. The average molecular weight is 304 g/mol. The second-order valence-corrected chi connectivity index (χ2v) is 5.27. The van der Waals surface area contributed by atoms with E-state index in [1.807, 2.05) is 0 Å². The van der Waals surface area contributed by atoms with Crippen LogP contribution in [-0.4, -0.2) is 45.8 Å². The first-order valence-electron chi connectivity index (χ1n) is 6.75. The summed E-state index contributed by atoms with van der Waals surface area (Å²) in [5.41, 5.74) is 1.34. The van der Waals surface area contributed by atoms with Crippen LogP contribution >= 0.6 is 0 Å². The number of carbonyl (C=O) groups is 4. The smallest absolute Gasteiger partial charge is 0.325 e. The maximum absolute atomic E-state index is 12.3. The predicted octanol–water partition coefficient (Wildman–Crippen LogP) is 0.569. The fourth-order valence-corrected chi connectivity index (χ4v) is 2.24. The van der Waals surface area contributed by atoms with Crippen molar-refractivity contribution in [2.75, 3.05) is 0 Å². The van der Waals surface area contributed by atoms with Gasteiger partial charge in [0.15, 0.2) is 0 Å². The van der Waals surface area contributed by atoms with Crippen LogP contribution in [0.3, 0.4) is 0 Å². The number of amides is 3. The summed E-state index contributed by atoms with van der Waals surface area (Å²) >= 11 is 0. The number of hydrogen-bond donors (Lipinski definition) is 2. The second kappa shape index (κ2) is 5.59. The molecular formula is C15H16N2O5. The molecule has 0 spiro atoms. The molecule has 7 heteroatoms. The Hall–Kier alpha value is -2.70. The fourth-order valence-electron chi connectivity index (χ4n) is 2.24. The van der Waals surface area contributed by atoms with E-state index < -0.39 is 35.8 Å². The van der Waals surface area contributed by atoms with Crippen LogP contribution in [-0.2, 0) is 9.59 Å². The molecule has 1 heterocycles. The number of hydrogen-bond acceptors (Lipinski definition) is 4. The molecule has 22 heavy (non-hydrogen) atoms. The largest absolute Gasteiger partial charge is 0.480 e. The van der Waals surface area contributed by atoms with E-state index in [1.54, 1.807) is 25.1 Å². The summed E-state index contributed by atoms with van der Waals surface area (Å²) in [6.07, 6.45) is 0. The van der Waals surface area contributed by atoms with Crippen molar-refractivity contribution in [3.63, 3.8) is 0 Å². The standard InChI is InChI=1S/C15H16N2O5/c1-7-4-5-10-11(6-7)14(20)17(13(10)19)9(3)12(18)16-8(2)15(21)22/h4-6,8-9H,1-3H3,(H,16,18)(H,21,22)/t8-,9?/m0/s1. The first kappa shape index (κ1) is 15.7. The summed E-state index contributed by atoms with van der Waals surface area (Å²) in [6.45, 7) is 4.49. The van der Waals surface area contributed by atoms with Crippen LogP contribution in [0.15, 0.2) is 18.2 Å². The van der Waals surface area contributed by atoms with E-state index in [0.29, 0.717) is 0 Å². The van der Waals surface area contributed by atoms with Crippen molar-refractivity contribution in [3.05, 3.63) is 34.9 Å². The molecule has 0 bridgehead atoms. The number of benzene rings is 1. The number of fused-ring (bicyclic) bond motifs is 1. The van der Waals surface area contributed by atoms with Gasteiger partial charge in [-0.3, -0.25) is 24.1 Å². The number of nitrogens with zero attached hydrogens (tertiary/aromatic N) is 1. The van der Waals surface area contributed by atoms with E-state index in [-0.39, 0.29) is 11.1 Å². The maximum Gasteiger partial charge on any atom is 0.325 e. The van der Waals surface area contributed by atoms with Crippen molar-refractivity contribution in [2.24, 2.45) is 0 Å². The molecule has 0 saturated heterocycles. The lowest BCUT2D eigenvalue weighted by atomic mass is 10.1. The van der Waals surface area contributed by atoms with Crippen molar-refractivity contribution in [1.82, 2.24) is 10.2 Å². The van der Waals surface area contributed by atoms with Crippen LogP contribution in [0.4, 0.5) is 0 Å². The van der Waals surface area contributed by atoms with E-state index in [4.69, 9.17) is 5.11 Å². The van der Waals surface area contributed by atoms with Gasteiger partial charge >= 0.3 is 5.97 Å². The highest BCUT2D eigenvalue weighted by Gasteiger charge is 2.41. The first-order chi connectivity index (χ1) is 10.2. The molecule has 3 amide bonds. The summed E-state index contributed by atoms with van der Waals surface area (Å²) in [5, 5.41) is 11.0. The lowest BCUT2D eigenvalue weighted by Crippen LogP contribution is -2.51. The van der Waals surface area contributed by atoms with Gasteiger partial charge in [0.25, 0.3) is 11.8 Å². The molecule has 0 saturated carbocycles. The minimum absolute atomic E-state index is 0.251. The van der Waals surface area contributed by atoms with Crippen molar-refractivity contribution in [3.8, 4) is 0 Å². The molecule has 1 unspecified atom stereocenters. The van der Waals surface area contributed by atoms with Gasteiger partial charge in [0.1, 0.15) is 12.1 Å². The topological polar surface area (TPSA) is 104 Å². The minimum atomic E-state index is -1.20. The van der Waals surface area contributed by atoms with Crippen LogP contribution in [0.2, 0.25) is 0 Å². The van der Waals surface area contributed by atoms with Crippen molar-refractivity contribution in [2.45, 2.75) is 32.9 Å². The van der Waals surface area contributed by atoms with Crippen LogP contribution in [0, 0.1) is 6.92 Å². The molecule has 1 aliphatic rings. The van der Waals surface area contributed by atoms with Crippen LogP contribution in [0.1, 0.15) is 40.1 Å². The third-order valence-corrected chi connectivity index (χ3v) is 3.57. The maximum atomic E-state index is 12.3. The van der Waals surface area contributed by atoms with Gasteiger partial charge in [0, 0.05) is 0 Å². The van der Waals surface area contributed by atoms with Gasteiger partial charge in [-0.2, -0.15) is 0 Å². The van der Waals surface area contributed by atoms with Crippen molar-refractivity contribution >= 4 is 23.7 Å². The molecule has 0 aromatic heterocycles. The molecule has 1 aromatic rings. The van der Waals surface area contributed by atoms with Gasteiger partial charge in [-0.1, -0.05) is 11.6 Å². The Morgan fingerprint density at radius 2 is 1.73 bits per heavy atom. The summed E-state index contributed by atoms with van der Waals surface area (Å²) in [6, 6.07) is 2.67. The number of rotatable bonds is 4. The number of nitrogens with one attached hydrogen (secondary N) is 1. The Labute approximate surface area is 126 Å². The van der Waals surface area contributed by atoms with Crippen LogP contribution in [0.25, 0.3) is 0 Å². The highest BCUT2D eigenvalue weighted by molar-refractivity contribution is 6.22. The Bertz CT molecular complexity index is 683. The molecule has 0 radical (unpaired) electrons. The highest BCUT2D eigenvalue weighted by Crippen LogP contribution is 2.25. The molecule has 7 nitrogen and oxygen atoms in total. The fraction of sp³-hybridized carbons (Fsp3) is 0.333. The highest BCUT2D eigenvalue weighted by atomic mass is 16.4. The molecule has 2 atom stereocenters. The molecule has 2 rings (SSSR count). The monoisotopic (exact) mass is 304 g/mol. The number of carbonyl (C=O) groups excluding carboxylic acids is 3. The summed E-state index contributed by atoms with van der Waals surface area (Å²) in [5.74, 6) is -2.99. The number of aryl methyl sites for hydroxylation is 1. The molecular weight excluding hydrogens is 288 g/mol. The zero-order chi connectivity index (χ0) is 16.6. The van der Waals surface area contributed by atoms with E-state index in [2.05, 4.69) is 5.32 Å². The van der Waals surface area contributed by atoms with Crippen molar-refractivity contribution in [1.29, 1.82) is 0 Å². The molecule has 0 aliphatic carbocycles. The zero-order valence-electron chi connectivity index (χ0n) is 12.4. The van der Waals surface area contributed by atoms with Gasteiger partial charge in [-0.15, -0.1) is 0 Å². The summed E-state index contributed by atoms with van der Waals surface area (Å²) < 4.78 is 0. The van der Waals surface area contributed by atoms with Gasteiger partial charge in [0.2, 0.25) is 5.91 Å². The molecule has 2 N–H and O–H groups in total. The van der Waals surface area contributed by atoms with Gasteiger partial charge in [-0.05, 0) is 32.9 Å². The third kappa shape index (κ3) is 2.57. The Morgan fingerprint density at radius 1 is 1.14 bits per heavy atom.